The summed E-state index contributed by atoms with van der Waals surface area (Å²) in [6.45, 7) is 0.216. The molecule has 0 aliphatic rings. The zero-order chi connectivity index (χ0) is 21.0. The van der Waals surface area contributed by atoms with Gasteiger partial charge in [-0.3, -0.25) is 14.6 Å². The summed E-state index contributed by atoms with van der Waals surface area (Å²) in [7, 11) is -2.57. The van der Waals surface area contributed by atoms with E-state index in [0.717, 1.165) is 23.8 Å². The topological polar surface area (TPSA) is 113 Å². The minimum atomic E-state index is -4.12. The van der Waals surface area contributed by atoms with Crippen molar-refractivity contribution < 1.29 is 22.3 Å². The van der Waals surface area contributed by atoms with Gasteiger partial charge in [-0.05, 0) is 35.9 Å². The Bertz CT molecular complexity index is 1130. The zero-order valence-electron chi connectivity index (χ0n) is 15.1. The Morgan fingerprint density at radius 1 is 1.24 bits per heavy atom. The first kappa shape index (κ1) is 20.6. The number of rotatable bonds is 7. The fraction of sp³-hybridized carbons (Fsp3) is 0.111. The van der Waals surface area contributed by atoms with Crippen LogP contribution in [0.5, 0.6) is 5.75 Å². The van der Waals surface area contributed by atoms with Gasteiger partial charge >= 0.3 is 0 Å². The summed E-state index contributed by atoms with van der Waals surface area (Å²) >= 11 is 5.64. The van der Waals surface area contributed by atoms with Gasteiger partial charge in [0.15, 0.2) is 0 Å². The maximum atomic E-state index is 13.3. The summed E-state index contributed by atoms with van der Waals surface area (Å²) in [5, 5.41) is 8.48. The number of H-pyrrole nitrogens is 1. The molecule has 2 aromatic carbocycles. The second-order valence-corrected chi connectivity index (χ2v) is 7.96. The highest BCUT2D eigenvalue weighted by Gasteiger charge is 2.21. The average Bonchev–Trinajstić information content (AvgIpc) is 3.16. The van der Waals surface area contributed by atoms with Crippen LogP contribution in [0, 0.1) is 5.82 Å². The quantitative estimate of drug-likeness (QED) is 0.525. The molecule has 8 nitrogen and oxygen atoms in total. The molecule has 0 radical (unpaired) electrons. The first-order valence-corrected chi connectivity index (χ1v) is 10.1. The van der Waals surface area contributed by atoms with Gasteiger partial charge in [0.05, 0.1) is 23.2 Å². The molecule has 152 valence electrons. The lowest BCUT2D eigenvalue weighted by Gasteiger charge is -2.09. The van der Waals surface area contributed by atoms with E-state index in [4.69, 9.17) is 16.3 Å². The molecule has 0 aliphatic heterocycles. The van der Waals surface area contributed by atoms with Crippen LogP contribution in [-0.4, -0.2) is 31.6 Å². The standard InChI is InChI=1S/C18H16ClFN4O4S/c1-28-12-4-2-11(3-5-12)9-21-18(25)14-10-22-23-17(14)24-29(26,27)13-6-7-16(20)15(19)8-13/h2-8,10H,9H2,1H3,(H,21,25)(H2,22,23,24). The number of aromatic amines is 1. The molecular weight excluding hydrogens is 423 g/mol. The van der Waals surface area contributed by atoms with Crippen molar-refractivity contribution in [3.05, 3.63) is 70.6 Å². The van der Waals surface area contributed by atoms with Crippen LogP contribution in [0.25, 0.3) is 0 Å². The summed E-state index contributed by atoms with van der Waals surface area (Å²) in [6, 6.07) is 10.1. The number of amides is 1. The molecule has 1 aromatic heterocycles. The van der Waals surface area contributed by atoms with Crippen molar-refractivity contribution in [2.75, 3.05) is 11.8 Å². The molecule has 1 heterocycles. The predicted molar refractivity (Wildman–Crippen MR) is 105 cm³/mol. The number of aromatic nitrogens is 2. The molecule has 0 bridgehead atoms. The Balaban J connectivity index is 1.72. The van der Waals surface area contributed by atoms with Crippen molar-refractivity contribution >= 4 is 33.3 Å². The van der Waals surface area contributed by atoms with Gasteiger partial charge in [-0.1, -0.05) is 23.7 Å². The monoisotopic (exact) mass is 438 g/mol. The van der Waals surface area contributed by atoms with Crippen LogP contribution in [-0.2, 0) is 16.6 Å². The Labute approximate surface area is 171 Å². The van der Waals surface area contributed by atoms with Crippen LogP contribution >= 0.6 is 11.6 Å². The molecule has 0 spiro atoms. The molecule has 3 rings (SSSR count). The van der Waals surface area contributed by atoms with E-state index < -0.39 is 21.7 Å². The van der Waals surface area contributed by atoms with Crippen LogP contribution in [0.4, 0.5) is 10.2 Å². The average molecular weight is 439 g/mol. The number of nitrogens with zero attached hydrogens (tertiary/aromatic N) is 1. The molecule has 11 heteroatoms. The molecule has 0 unspecified atom stereocenters. The van der Waals surface area contributed by atoms with Gasteiger partial charge in [-0.25, -0.2) is 12.8 Å². The lowest BCUT2D eigenvalue weighted by atomic mass is 10.2. The molecule has 3 aromatic rings. The van der Waals surface area contributed by atoms with Crippen molar-refractivity contribution in [2.45, 2.75) is 11.4 Å². The highest BCUT2D eigenvalue weighted by atomic mass is 35.5. The lowest BCUT2D eigenvalue weighted by molar-refractivity contribution is 0.0952. The third kappa shape index (κ3) is 4.84. The number of ether oxygens (including phenoxy) is 1. The van der Waals surface area contributed by atoms with E-state index in [1.807, 2.05) is 0 Å². The summed E-state index contributed by atoms with van der Waals surface area (Å²) in [5.74, 6) is -0.722. The number of benzene rings is 2. The van der Waals surface area contributed by atoms with Crippen molar-refractivity contribution in [1.29, 1.82) is 0 Å². The largest absolute Gasteiger partial charge is 0.497 e. The number of nitrogens with one attached hydrogen (secondary N) is 3. The van der Waals surface area contributed by atoms with Crippen molar-refractivity contribution in [3.63, 3.8) is 0 Å². The number of methoxy groups -OCH3 is 1. The lowest BCUT2D eigenvalue weighted by Crippen LogP contribution is -2.24. The second kappa shape index (κ2) is 8.50. The summed E-state index contributed by atoms with van der Waals surface area (Å²) in [6.07, 6.45) is 1.19. The number of halogens is 2. The molecule has 0 saturated carbocycles. The van der Waals surface area contributed by atoms with E-state index in [9.17, 15) is 17.6 Å². The van der Waals surface area contributed by atoms with E-state index in [0.29, 0.717) is 5.75 Å². The maximum absolute atomic E-state index is 13.3. The Morgan fingerprint density at radius 3 is 2.62 bits per heavy atom. The summed E-state index contributed by atoms with van der Waals surface area (Å²) < 4.78 is 45.6. The fourth-order valence-electron chi connectivity index (χ4n) is 2.39. The molecule has 0 atom stereocenters. The van der Waals surface area contributed by atoms with E-state index >= 15 is 0 Å². The van der Waals surface area contributed by atoms with Crippen LogP contribution < -0.4 is 14.8 Å². The fourth-order valence-corrected chi connectivity index (χ4v) is 3.70. The third-order valence-corrected chi connectivity index (χ3v) is 5.57. The number of anilines is 1. The Kier molecular flexibility index (Phi) is 6.04. The minimum absolute atomic E-state index is 0.00436. The van der Waals surface area contributed by atoms with E-state index in [2.05, 4.69) is 20.2 Å². The first-order valence-electron chi connectivity index (χ1n) is 8.22. The van der Waals surface area contributed by atoms with E-state index in [-0.39, 0.29) is 27.8 Å². The van der Waals surface area contributed by atoms with Crippen LogP contribution in [0.1, 0.15) is 15.9 Å². The molecule has 0 aliphatic carbocycles. The van der Waals surface area contributed by atoms with Crippen LogP contribution in [0.3, 0.4) is 0 Å². The highest BCUT2D eigenvalue weighted by Crippen LogP contribution is 2.22. The van der Waals surface area contributed by atoms with Crippen molar-refractivity contribution in [3.8, 4) is 5.75 Å². The van der Waals surface area contributed by atoms with Crippen molar-refractivity contribution in [2.24, 2.45) is 0 Å². The molecule has 0 fully saturated rings. The molecule has 0 saturated heterocycles. The summed E-state index contributed by atoms with van der Waals surface area (Å²) in [5.41, 5.74) is 0.820. The second-order valence-electron chi connectivity index (χ2n) is 5.87. The molecular formula is C18H16ClFN4O4S. The van der Waals surface area contributed by atoms with Gasteiger partial charge in [-0.2, -0.15) is 5.10 Å². The Morgan fingerprint density at radius 2 is 1.97 bits per heavy atom. The number of hydrogen-bond donors (Lipinski definition) is 3. The predicted octanol–water partition coefficient (Wildman–Crippen LogP) is 2.94. The SMILES string of the molecule is COc1ccc(CNC(=O)c2cn[nH]c2NS(=O)(=O)c2ccc(F)c(Cl)c2)cc1. The first-order chi connectivity index (χ1) is 13.8. The van der Waals surface area contributed by atoms with Crippen molar-refractivity contribution in [1.82, 2.24) is 15.5 Å². The number of carbonyl (C=O) groups is 1. The van der Waals surface area contributed by atoms with Gasteiger partial charge in [0, 0.05) is 6.54 Å². The van der Waals surface area contributed by atoms with Gasteiger partial charge in [0.1, 0.15) is 22.9 Å². The van der Waals surface area contributed by atoms with Crippen LogP contribution in [0.15, 0.2) is 53.6 Å². The molecule has 29 heavy (non-hydrogen) atoms. The third-order valence-electron chi connectivity index (χ3n) is 3.93. The highest BCUT2D eigenvalue weighted by molar-refractivity contribution is 7.92. The summed E-state index contributed by atoms with van der Waals surface area (Å²) in [4.78, 5) is 12.2. The van der Waals surface area contributed by atoms with Gasteiger partial charge in [-0.15, -0.1) is 0 Å². The normalized spacial score (nSPS) is 11.1. The minimum Gasteiger partial charge on any atom is -0.497 e. The molecule has 3 N–H and O–H groups in total. The van der Waals surface area contributed by atoms with Gasteiger partial charge < -0.3 is 10.1 Å². The maximum Gasteiger partial charge on any atom is 0.263 e. The smallest absolute Gasteiger partial charge is 0.263 e. The van der Waals surface area contributed by atoms with E-state index in [1.165, 1.54) is 6.20 Å². The van der Waals surface area contributed by atoms with Crippen LogP contribution in [0.2, 0.25) is 5.02 Å². The Hall–Kier alpha value is -3.11. The number of carbonyl (C=O) groups excluding carboxylic acids is 1. The number of sulfonamides is 1. The zero-order valence-corrected chi connectivity index (χ0v) is 16.6. The van der Waals surface area contributed by atoms with Gasteiger partial charge in [0.2, 0.25) is 0 Å². The number of hydrogen-bond acceptors (Lipinski definition) is 5. The molecule has 1 amide bonds. The van der Waals surface area contributed by atoms with Gasteiger partial charge in [0.25, 0.3) is 15.9 Å². The van der Waals surface area contributed by atoms with E-state index in [1.54, 1.807) is 31.4 Å².